The van der Waals surface area contributed by atoms with Gasteiger partial charge in [0, 0.05) is 31.1 Å². The van der Waals surface area contributed by atoms with Crippen molar-refractivity contribution in [3.8, 4) is 11.5 Å². The summed E-state index contributed by atoms with van der Waals surface area (Å²) >= 11 is 0. The van der Waals surface area contributed by atoms with Gasteiger partial charge in [-0.05, 0) is 92.2 Å². The van der Waals surface area contributed by atoms with E-state index in [1.54, 1.807) is 31.4 Å². The van der Waals surface area contributed by atoms with E-state index in [4.69, 9.17) is 9.47 Å². The van der Waals surface area contributed by atoms with Crippen molar-refractivity contribution in [2.24, 2.45) is 0 Å². The van der Waals surface area contributed by atoms with Gasteiger partial charge < -0.3 is 20.1 Å². The molecule has 3 N–H and O–H groups in total. The van der Waals surface area contributed by atoms with Crippen LogP contribution >= 0.6 is 0 Å². The molecule has 3 aromatic rings. The van der Waals surface area contributed by atoms with Gasteiger partial charge in [0.1, 0.15) is 23.4 Å². The smallest absolute Gasteiger partial charge is 0.243 e. The summed E-state index contributed by atoms with van der Waals surface area (Å²) in [6.07, 6.45) is 2.90. The number of piperidine rings is 1. The number of carbonyl (C=O) groups is 1. The highest BCUT2D eigenvalue weighted by atomic mass is 32.2. The quantitative estimate of drug-likeness (QED) is 0.300. The van der Waals surface area contributed by atoms with E-state index in [1.165, 1.54) is 29.8 Å². The molecule has 0 aromatic heterocycles. The third-order valence-electron chi connectivity index (χ3n) is 6.51. The minimum atomic E-state index is -3.32. The van der Waals surface area contributed by atoms with Gasteiger partial charge in [0.2, 0.25) is 15.9 Å². The number of nitrogens with one attached hydrogen (secondary N) is 3. The van der Waals surface area contributed by atoms with E-state index in [9.17, 15) is 17.6 Å². The lowest BCUT2D eigenvalue weighted by Gasteiger charge is -2.34. The minimum absolute atomic E-state index is 0.185. The van der Waals surface area contributed by atoms with Crippen LogP contribution < -0.4 is 20.1 Å². The Morgan fingerprint density at radius 2 is 1.52 bits per heavy atom. The van der Waals surface area contributed by atoms with Crippen LogP contribution in [0, 0.1) is 5.82 Å². The van der Waals surface area contributed by atoms with Crippen LogP contribution in [0.5, 0.6) is 11.5 Å². The first-order valence-electron chi connectivity index (χ1n) is 13.1. The van der Waals surface area contributed by atoms with Gasteiger partial charge in [0.25, 0.3) is 0 Å². The fourth-order valence-corrected chi connectivity index (χ4v) is 5.10. The summed E-state index contributed by atoms with van der Waals surface area (Å²) in [6.45, 7) is 2.83. The Morgan fingerprint density at radius 1 is 0.950 bits per heavy atom. The number of nitrogens with zero attached hydrogens (tertiary/aromatic N) is 1. The van der Waals surface area contributed by atoms with Crippen molar-refractivity contribution in [1.82, 2.24) is 10.2 Å². The van der Waals surface area contributed by atoms with Crippen LogP contribution in [0.1, 0.15) is 18.4 Å². The van der Waals surface area contributed by atoms with Crippen LogP contribution in [0.15, 0.2) is 72.8 Å². The number of methoxy groups -OCH3 is 1. The number of sulfonamides is 1. The van der Waals surface area contributed by atoms with Gasteiger partial charge in [-0.2, -0.15) is 0 Å². The summed E-state index contributed by atoms with van der Waals surface area (Å²) < 4.78 is 49.4. The Balaban J connectivity index is 1.22. The summed E-state index contributed by atoms with van der Waals surface area (Å²) in [5, 5.41) is 6.25. The van der Waals surface area contributed by atoms with E-state index in [0.717, 1.165) is 38.7 Å². The van der Waals surface area contributed by atoms with E-state index in [2.05, 4.69) is 20.3 Å². The maximum Gasteiger partial charge on any atom is 0.243 e. The molecule has 1 amide bonds. The normalized spacial score (nSPS) is 15.4. The summed E-state index contributed by atoms with van der Waals surface area (Å²) in [7, 11) is -1.76. The summed E-state index contributed by atoms with van der Waals surface area (Å²) in [5.74, 6) is 0.743. The fourth-order valence-electron chi connectivity index (χ4n) is 4.53. The number of likely N-dealkylation sites (tertiary alicyclic amines) is 1. The minimum Gasteiger partial charge on any atom is -0.457 e. The molecule has 4 rings (SSSR count). The van der Waals surface area contributed by atoms with Gasteiger partial charge in [-0.3, -0.25) is 14.4 Å². The van der Waals surface area contributed by atoms with E-state index in [-0.39, 0.29) is 24.4 Å². The average Bonchev–Trinajstić information content (AvgIpc) is 2.92. The molecule has 11 heteroatoms. The highest BCUT2D eigenvalue weighted by Gasteiger charge is 2.25. The number of amides is 1. The second-order valence-corrected chi connectivity index (χ2v) is 11.6. The number of carbonyl (C=O) groups excluding carboxylic acids is 1. The number of hydrogen-bond acceptors (Lipinski definition) is 7. The number of benzene rings is 3. The molecule has 1 heterocycles. The number of halogens is 1. The Labute approximate surface area is 234 Å². The highest BCUT2D eigenvalue weighted by Crippen LogP contribution is 2.24. The molecule has 1 saturated heterocycles. The molecular weight excluding hydrogens is 535 g/mol. The van der Waals surface area contributed by atoms with Gasteiger partial charge in [-0.1, -0.05) is 12.1 Å². The van der Waals surface area contributed by atoms with Crippen molar-refractivity contribution in [2.75, 3.05) is 43.1 Å². The van der Waals surface area contributed by atoms with Gasteiger partial charge in [0.15, 0.2) is 0 Å². The largest absolute Gasteiger partial charge is 0.457 e. The Hall–Kier alpha value is -3.51. The van der Waals surface area contributed by atoms with Crippen LogP contribution in [-0.2, 0) is 26.1 Å². The van der Waals surface area contributed by atoms with Gasteiger partial charge >= 0.3 is 0 Å². The van der Waals surface area contributed by atoms with Crippen LogP contribution in [0.2, 0.25) is 0 Å². The maximum atomic E-state index is 13.2. The van der Waals surface area contributed by atoms with E-state index >= 15 is 0 Å². The first kappa shape index (κ1) is 29.5. The Kier molecular flexibility index (Phi) is 10.1. The molecular formula is C29H35FN4O5S. The van der Waals surface area contributed by atoms with Crippen LogP contribution in [0.3, 0.4) is 0 Å². The van der Waals surface area contributed by atoms with Crippen molar-refractivity contribution in [3.05, 3.63) is 84.2 Å². The molecule has 40 heavy (non-hydrogen) atoms. The molecule has 214 valence electrons. The first-order valence-corrected chi connectivity index (χ1v) is 14.9. The fraction of sp³-hybridized carbons (Fsp3) is 0.345. The molecule has 1 aliphatic rings. The Bertz CT molecular complexity index is 1340. The van der Waals surface area contributed by atoms with Crippen molar-refractivity contribution in [1.29, 1.82) is 0 Å². The molecule has 9 nitrogen and oxygen atoms in total. The molecule has 0 spiro atoms. The third-order valence-corrected chi connectivity index (χ3v) is 7.12. The zero-order chi connectivity index (χ0) is 28.5. The molecule has 0 saturated carbocycles. The molecule has 0 radical (unpaired) electrons. The van der Waals surface area contributed by atoms with E-state index < -0.39 is 16.1 Å². The van der Waals surface area contributed by atoms with Crippen molar-refractivity contribution in [2.45, 2.75) is 31.5 Å². The second kappa shape index (κ2) is 13.7. The Morgan fingerprint density at radius 3 is 2.10 bits per heavy atom. The monoisotopic (exact) mass is 570 g/mol. The maximum absolute atomic E-state index is 13.2. The van der Waals surface area contributed by atoms with Crippen LogP contribution in [0.25, 0.3) is 0 Å². The van der Waals surface area contributed by atoms with E-state index in [1.807, 2.05) is 24.3 Å². The predicted octanol–water partition coefficient (Wildman–Crippen LogP) is 4.20. The highest BCUT2D eigenvalue weighted by molar-refractivity contribution is 7.92. The lowest BCUT2D eigenvalue weighted by molar-refractivity contribution is -0.119. The first-order chi connectivity index (χ1) is 19.2. The number of hydrogen-bond donors (Lipinski definition) is 3. The lowest BCUT2D eigenvalue weighted by Crippen LogP contribution is -2.51. The average molecular weight is 571 g/mol. The molecule has 1 unspecified atom stereocenters. The van der Waals surface area contributed by atoms with Crippen molar-refractivity contribution in [3.63, 3.8) is 0 Å². The van der Waals surface area contributed by atoms with Crippen LogP contribution in [0.4, 0.5) is 15.8 Å². The molecule has 1 atom stereocenters. The summed E-state index contributed by atoms with van der Waals surface area (Å²) in [6, 6.07) is 20.0. The van der Waals surface area contributed by atoms with Crippen molar-refractivity contribution < 1.29 is 27.1 Å². The number of anilines is 2. The second-order valence-electron chi connectivity index (χ2n) is 9.87. The number of ether oxygens (including phenoxy) is 2. The zero-order valence-electron chi connectivity index (χ0n) is 22.6. The van der Waals surface area contributed by atoms with Gasteiger partial charge in [0.05, 0.1) is 12.9 Å². The standard InChI is InChI=1S/C29H35FN4O5S/c1-38-20-28(29(35)32-23-7-5-22(30)6-8-23)31-24-15-17-34(18-16-24)19-21-3-11-26(12-4-21)39-27-13-9-25(10-14-27)33-40(2,36)37/h3-14,24,28,31,33H,15-20H2,1-2H3,(H,32,35). The van der Waals surface area contributed by atoms with Gasteiger partial charge in [-0.25, -0.2) is 12.8 Å². The summed E-state index contributed by atoms with van der Waals surface area (Å²) in [5.41, 5.74) is 2.19. The topological polar surface area (TPSA) is 109 Å². The SMILES string of the molecule is COCC(NC1CCN(Cc2ccc(Oc3ccc(NS(C)(=O)=O)cc3)cc2)CC1)C(=O)Nc1ccc(F)cc1. The van der Waals surface area contributed by atoms with Gasteiger partial charge in [-0.15, -0.1) is 0 Å². The third kappa shape index (κ3) is 9.30. The zero-order valence-corrected chi connectivity index (χ0v) is 23.4. The van der Waals surface area contributed by atoms with Crippen LogP contribution in [-0.4, -0.2) is 64.4 Å². The molecule has 0 aliphatic carbocycles. The predicted molar refractivity (Wildman–Crippen MR) is 154 cm³/mol. The molecule has 3 aromatic carbocycles. The van der Waals surface area contributed by atoms with Crippen molar-refractivity contribution >= 4 is 27.3 Å². The lowest BCUT2D eigenvalue weighted by atomic mass is 10.0. The molecule has 1 fully saturated rings. The molecule has 1 aliphatic heterocycles. The number of rotatable bonds is 12. The van der Waals surface area contributed by atoms with E-state index in [0.29, 0.717) is 22.9 Å². The summed E-state index contributed by atoms with van der Waals surface area (Å²) in [4.78, 5) is 15.2. The molecule has 0 bridgehead atoms.